The van der Waals surface area contributed by atoms with Gasteiger partial charge in [-0.1, -0.05) is 0 Å². The van der Waals surface area contributed by atoms with Crippen LogP contribution in [0.25, 0.3) is 0 Å². The normalized spacial score (nSPS) is 9.93. The molecule has 4 nitrogen and oxygen atoms in total. The summed E-state index contributed by atoms with van der Waals surface area (Å²) in [4.78, 5) is 0. The highest BCUT2D eigenvalue weighted by Crippen LogP contribution is 1.99. The molecule has 0 bridgehead atoms. The van der Waals surface area contributed by atoms with Crippen molar-refractivity contribution in [1.29, 1.82) is 0 Å². The van der Waals surface area contributed by atoms with Crippen LogP contribution in [0.2, 0.25) is 0 Å². The lowest BCUT2D eigenvalue weighted by Crippen LogP contribution is -2.34. The zero-order chi connectivity index (χ0) is 10.6. The smallest absolute Gasteiger partial charge is 0.166 e. The van der Waals surface area contributed by atoms with E-state index in [9.17, 15) is 0 Å². The maximum atomic E-state index is 5.04. The second-order valence-electron chi connectivity index (χ2n) is 3.11. The van der Waals surface area contributed by atoms with Gasteiger partial charge in [-0.3, -0.25) is 4.68 Å². The van der Waals surface area contributed by atoms with Gasteiger partial charge in [-0.2, -0.15) is 5.10 Å². The first-order chi connectivity index (χ1) is 6.63. The average molecular weight is 212 g/mol. The Balaban J connectivity index is 2.42. The lowest BCUT2D eigenvalue weighted by molar-refractivity contribution is 0.709. The van der Waals surface area contributed by atoms with Gasteiger partial charge in [0.05, 0.1) is 12.2 Å². The minimum atomic E-state index is 0.674. The van der Waals surface area contributed by atoms with Gasteiger partial charge in [0.2, 0.25) is 0 Å². The summed E-state index contributed by atoms with van der Waals surface area (Å²) in [6, 6.07) is 2.04. The van der Waals surface area contributed by atoms with Gasteiger partial charge in [0.25, 0.3) is 0 Å². The fourth-order valence-electron chi connectivity index (χ4n) is 1.12. The van der Waals surface area contributed by atoms with Crippen LogP contribution < -0.4 is 10.6 Å². The van der Waals surface area contributed by atoms with Crippen molar-refractivity contribution in [2.24, 2.45) is 7.05 Å². The lowest BCUT2D eigenvalue weighted by atomic mass is 10.4. The van der Waals surface area contributed by atoms with E-state index < -0.39 is 0 Å². The molecule has 0 aliphatic carbocycles. The first-order valence-electron chi connectivity index (χ1n) is 4.64. The summed E-state index contributed by atoms with van der Waals surface area (Å²) >= 11 is 5.04. The van der Waals surface area contributed by atoms with E-state index in [2.05, 4.69) is 15.7 Å². The van der Waals surface area contributed by atoms with Crippen LogP contribution in [0, 0.1) is 6.92 Å². The Morgan fingerprint density at radius 3 is 2.79 bits per heavy atom. The zero-order valence-electron chi connectivity index (χ0n) is 8.79. The Bertz CT molecular complexity index is 299. The second-order valence-corrected chi connectivity index (χ2v) is 3.52. The molecule has 0 aliphatic rings. The number of aromatic nitrogens is 2. The van der Waals surface area contributed by atoms with Gasteiger partial charge in [0.1, 0.15) is 0 Å². The number of rotatable bonds is 3. The van der Waals surface area contributed by atoms with Crippen LogP contribution in [-0.4, -0.2) is 21.4 Å². The number of nitrogens with zero attached hydrogens (tertiary/aromatic N) is 2. The lowest BCUT2D eigenvalue weighted by Gasteiger charge is -2.06. The standard InChI is InChI=1S/C9H16N4S/c1-4-10-9(14)11-6-8-5-7(2)13(3)12-8/h5H,4,6H2,1-3H3,(H2,10,11,14). The van der Waals surface area contributed by atoms with Gasteiger partial charge >= 0.3 is 0 Å². The molecule has 0 aliphatic heterocycles. The molecule has 1 aromatic heterocycles. The predicted octanol–water partition coefficient (Wildman–Crippen LogP) is 0.713. The van der Waals surface area contributed by atoms with Crippen LogP contribution in [0.5, 0.6) is 0 Å². The number of aryl methyl sites for hydroxylation is 2. The molecule has 0 saturated carbocycles. The minimum absolute atomic E-state index is 0.674. The average Bonchev–Trinajstić information content (AvgIpc) is 2.44. The fourth-order valence-corrected chi connectivity index (χ4v) is 1.33. The molecule has 0 amide bonds. The molecule has 0 fully saturated rings. The van der Waals surface area contributed by atoms with Crippen molar-refractivity contribution in [2.45, 2.75) is 20.4 Å². The SMILES string of the molecule is CCNC(=S)NCc1cc(C)n(C)n1. The van der Waals surface area contributed by atoms with E-state index in [-0.39, 0.29) is 0 Å². The van der Waals surface area contributed by atoms with Crippen molar-refractivity contribution in [1.82, 2.24) is 20.4 Å². The third-order valence-corrected chi connectivity index (χ3v) is 2.22. The van der Waals surface area contributed by atoms with Gasteiger partial charge in [-0.25, -0.2) is 0 Å². The third kappa shape index (κ3) is 2.99. The highest BCUT2D eigenvalue weighted by molar-refractivity contribution is 7.80. The van der Waals surface area contributed by atoms with E-state index in [1.54, 1.807) is 0 Å². The van der Waals surface area contributed by atoms with Crippen LogP contribution in [0.15, 0.2) is 6.07 Å². The first kappa shape index (κ1) is 11.0. The van der Waals surface area contributed by atoms with Crippen LogP contribution in [0.3, 0.4) is 0 Å². The Morgan fingerprint density at radius 2 is 2.29 bits per heavy atom. The number of hydrogen-bond acceptors (Lipinski definition) is 2. The molecule has 2 N–H and O–H groups in total. The summed E-state index contributed by atoms with van der Waals surface area (Å²) in [6.07, 6.45) is 0. The summed E-state index contributed by atoms with van der Waals surface area (Å²) in [7, 11) is 1.93. The van der Waals surface area contributed by atoms with Crippen LogP contribution in [0.1, 0.15) is 18.3 Å². The van der Waals surface area contributed by atoms with Crippen LogP contribution in [-0.2, 0) is 13.6 Å². The molecule has 0 spiro atoms. The molecule has 1 heterocycles. The van der Waals surface area contributed by atoms with E-state index in [1.807, 2.05) is 31.6 Å². The molecular formula is C9H16N4S. The maximum Gasteiger partial charge on any atom is 0.166 e. The molecule has 0 aromatic carbocycles. The number of nitrogens with one attached hydrogen (secondary N) is 2. The van der Waals surface area contributed by atoms with Gasteiger partial charge in [-0.05, 0) is 32.1 Å². The summed E-state index contributed by atoms with van der Waals surface area (Å²) in [5, 5.41) is 11.1. The van der Waals surface area contributed by atoms with E-state index in [4.69, 9.17) is 12.2 Å². The molecule has 14 heavy (non-hydrogen) atoms. The topological polar surface area (TPSA) is 41.9 Å². The minimum Gasteiger partial charge on any atom is -0.363 e. The van der Waals surface area contributed by atoms with Crippen molar-refractivity contribution >= 4 is 17.3 Å². The van der Waals surface area contributed by atoms with Crippen molar-refractivity contribution < 1.29 is 0 Å². The largest absolute Gasteiger partial charge is 0.363 e. The summed E-state index contributed by atoms with van der Waals surface area (Å²) in [5.74, 6) is 0. The molecule has 78 valence electrons. The molecule has 1 rings (SSSR count). The molecule has 0 saturated heterocycles. The second kappa shape index (κ2) is 4.95. The van der Waals surface area contributed by atoms with Crippen molar-refractivity contribution in [2.75, 3.05) is 6.54 Å². The van der Waals surface area contributed by atoms with Gasteiger partial charge < -0.3 is 10.6 Å². The highest BCUT2D eigenvalue weighted by atomic mass is 32.1. The maximum absolute atomic E-state index is 5.04. The van der Waals surface area contributed by atoms with Crippen LogP contribution in [0.4, 0.5) is 0 Å². The summed E-state index contributed by atoms with van der Waals surface area (Å²) < 4.78 is 1.85. The summed E-state index contributed by atoms with van der Waals surface area (Å²) in [6.45, 7) is 5.55. The van der Waals surface area contributed by atoms with Crippen molar-refractivity contribution in [3.05, 3.63) is 17.5 Å². The van der Waals surface area contributed by atoms with Crippen molar-refractivity contribution in [3.63, 3.8) is 0 Å². The van der Waals surface area contributed by atoms with Gasteiger partial charge in [0.15, 0.2) is 5.11 Å². The number of thiocarbonyl (C=S) groups is 1. The molecular weight excluding hydrogens is 196 g/mol. The Hall–Kier alpha value is -1.10. The van der Waals surface area contributed by atoms with Gasteiger partial charge in [0, 0.05) is 19.3 Å². The molecule has 0 unspecified atom stereocenters. The highest BCUT2D eigenvalue weighted by Gasteiger charge is 2.01. The summed E-state index contributed by atoms with van der Waals surface area (Å²) in [5.41, 5.74) is 2.15. The van der Waals surface area contributed by atoms with Crippen LogP contribution >= 0.6 is 12.2 Å². The van der Waals surface area contributed by atoms with E-state index in [0.717, 1.165) is 17.9 Å². The monoisotopic (exact) mass is 212 g/mol. The Kier molecular flexibility index (Phi) is 3.88. The Morgan fingerprint density at radius 1 is 1.57 bits per heavy atom. The quantitative estimate of drug-likeness (QED) is 0.724. The third-order valence-electron chi connectivity index (χ3n) is 1.93. The number of hydrogen-bond donors (Lipinski definition) is 2. The van der Waals surface area contributed by atoms with E-state index in [1.165, 1.54) is 0 Å². The molecule has 0 radical (unpaired) electrons. The zero-order valence-corrected chi connectivity index (χ0v) is 9.61. The molecule has 0 atom stereocenters. The fraction of sp³-hybridized carbons (Fsp3) is 0.556. The van der Waals surface area contributed by atoms with E-state index >= 15 is 0 Å². The first-order valence-corrected chi connectivity index (χ1v) is 5.05. The van der Waals surface area contributed by atoms with E-state index in [0.29, 0.717) is 11.7 Å². The van der Waals surface area contributed by atoms with Crippen molar-refractivity contribution in [3.8, 4) is 0 Å². The Labute approximate surface area is 89.7 Å². The molecule has 1 aromatic rings. The molecule has 5 heteroatoms. The predicted molar refractivity (Wildman–Crippen MR) is 61.1 cm³/mol. The van der Waals surface area contributed by atoms with Gasteiger partial charge in [-0.15, -0.1) is 0 Å².